The molecule has 0 aliphatic heterocycles. The number of halogens is 3. The van der Waals surface area contributed by atoms with Crippen LogP contribution in [0.1, 0.15) is 10.8 Å². The van der Waals surface area contributed by atoms with Crippen LogP contribution in [0.15, 0.2) is 16.8 Å². The topological polar surface area (TPSA) is 60.2 Å². The van der Waals surface area contributed by atoms with E-state index in [-0.39, 0.29) is 5.56 Å². The monoisotopic (exact) mass is 245 g/mol. The Bertz CT molecular complexity index is 395. The summed E-state index contributed by atoms with van der Waals surface area (Å²) in [5, 5.41) is 4.36. The van der Waals surface area contributed by atoms with E-state index in [1.165, 1.54) is 5.38 Å². The molecule has 0 aromatic carbocycles. The van der Waals surface area contributed by atoms with Gasteiger partial charge in [0.2, 0.25) is 10.0 Å². The van der Waals surface area contributed by atoms with Crippen LogP contribution >= 0.6 is 11.3 Å². The summed E-state index contributed by atoms with van der Waals surface area (Å²) in [7, 11) is -4.66. The molecule has 0 radical (unpaired) electrons. The Morgan fingerprint density at radius 1 is 1.43 bits per heavy atom. The molecule has 3 nitrogen and oxygen atoms in total. The van der Waals surface area contributed by atoms with Gasteiger partial charge >= 0.3 is 6.18 Å². The Morgan fingerprint density at radius 3 is 2.29 bits per heavy atom. The third kappa shape index (κ3) is 2.46. The second-order valence-electron chi connectivity index (χ2n) is 2.57. The lowest BCUT2D eigenvalue weighted by molar-refractivity contribution is -0.131. The van der Waals surface area contributed by atoms with Crippen molar-refractivity contribution in [1.29, 1.82) is 0 Å². The van der Waals surface area contributed by atoms with Crippen molar-refractivity contribution < 1.29 is 21.6 Å². The Labute approximate surface area is 82.4 Å². The molecule has 0 fully saturated rings. The third-order valence-corrected chi connectivity index (χ3v) is 3.37. The van der Waals surface area contributed by atoms with Crippen LogP contribution in [-0.4, -0.2) is 14.6 Å². The van der Waals surface area contributed by atoms with Crippen molar-refractivity contribution in [1.82, 2.24) is 0 Å². The highest BCUT2D eigenvalue weighted by atomic mass is 32.2. The first-order valence-corrected chi connectivity index (χ1v) is 5.88. The maximum absolute atomic E-state index is 12.3. The van der Waals surface area contributed by atoms with Crippen LogP contribution in [0.5, 0.6) is 0 Å². The van der Waals surface area contributed by atoms with Crippen LogP contribution in [0.2, 0.25) is 0 Å². The van der Waals surface area contributed by atoms with E-state index in [0.717, 1.165) is 22.8 Å². The fourth-order valence-electron chi connectivity index (χ4n) is 0.989. The first-order valence-electron chi connectivity index (χ1n) is 3.33. The zero-order valence-electron chi connectivity index (χ0n) is 6.65. The predicted octanol–water partition coefficient (Wildman–Crippen LogP) is 1.64. The van der Waals surface area contributed by atoms with Gasteiger partial charge in [-0.25, -0.2) is 13.6 Å². The van der Waals surface area contributed by atoms with Gasteiger partial charge in [-0.15, -0.1) is 0 Å². The third-order valence-electron chi connectivity index (χ3n) is 1.47. The Kier molecular flexibility index (Phi) is 2.88. The van der Waals surface area contributed by atoms with Crippen LogP contribution in [0.25, 0.3) is 0 Å². The molecule has 80 valence electrons. The fraction of sp³-hybridized carbons (Fsp3) is 0.333. The van der Waals surface area contributed by atoms with E-state index in [2.05, 4.69) is 5.14 Å². The van der Waals surface area contributed by atoms with Crippen LogP contribution in [0.4, 0.5) is 13.2 Å². The highest BCUT2D eigenvalue weighted by Gasteiger charge is 2.48. The van der Waals surface area contributed by atoms with E-state index < -0.39 is 21.4 Å². The molecule has 8 heteroatoms. The van der Waals surface area contributed by atoms with E-state index in [1.54, 1.807) is 0 Å². The second kappa shape index (κ2) is 3.52. The first-order chi connectivity index (χ1) is 6.23. The van der Waals surface area contributed by atoms with Gasteiger partial charge in [-0.3, -0.25) is 0 Å². The van der Waals surface area contributed by atoms with Gasteiger partial charge < -0.3 is 0 Å². The van der Waals surface area contributed by atoms with Crippen molar-refractivity contribution in [3.8, 4) is 0 Å². The van der Waals surface area contributed by atoms with Gasteiger partial charge in [0, 0.05) is 0 Å². The van der Waals surface area contributed by atoms with Gasteiger partial charge in [0.15, 0.2) is 5.25 Å². The number of hydrogen-bond donors (Lipinski definition) is 1. The molecule has 0 amide bonds. The molecule has 2 N–H and O–H groups in total. The lowest BCUT2D eigenvalue weighted by atomic mass is 10.2. The molecule has 14 heavy (non-hydrogen) atoms. The average molecular weight is 245 g/mol. The molecule has 0 saturated carbocycles. The highest BCUT2D eigenvalue weighted by molar-refractivity contribution is 7.89. The molecule has 1 aromatic rings. The summed E-state index contributed by atoms with van der Waals surface area (Å²) in [4.78, 5) is 0. The Morgan fingerprint density at radius 2 is 2.00 bits per heavy atom. The van der Waals surface area contributed by atoms with Crippen molar-refractivity contribution in [2.75, 3.05) is 0 Å². The van der Waals surface area contributed by atoms with Gasteiger partial charge in [-0.2, -0.15) is 24.5 Å². The fourth-order valence-corrected chi connectivity index (χ4v) is 2.66. The summed E-state index contributed by atoms with van der Waals surface area (Å²) < 4.78 is 58.5. The number of hydrogen-bond acceptors (Lipinski definition) is 3. The normalized spacial score (nSPS) is 15.4. The number of sulfonamides is 1. The summed E-state index contributed by atoms with van der Waals surface area (Å²) in [6.07, 6.45) is -4.88. The van der Waals surface area contributed by atoms with E-state index in [1.807, 2.05) is 0 Å². The van der Waals surface area contributed by atoms with Crippen LogP contribution in [0, 0.1) is 0 Å². The van der Waals surface area contributed by atoms with Gasteiger partial charge in [-0.1, -0.05) is 0 Å². The average Bonchev–Trinajstić information content (AvgIpc) is 2.31. The summed E-state index contributed by atoms with van der Waals surface area (Å²) >= 11 is 0.980. The number of thiophene rings is 1. The summed E-state index contributed by atoms with van der Waals surface area (Å²) in [6.45, 7) is 0. The maximum atomic E-state index is 12.3. The van der Waals surface area contributed by atoms with Gasteiger partial charge in [0.05, 0.1) is 0 Å². The molecular formula is C6H6F3NO2S2. The van der Waals surface area contributed by atoms with Crippen LogP contribution < -0.4 is 5.14 Å². The minimum Gasteiger partial charge on any atom is -0.228 e. The number of rotatable bonds is 2. The van der Waals surface area contributed by atoms with E-state index in [4.69, 9.17) is 0 Å². The predicted molar refractivity (Wildman–Crippen MR) is 46.2 cm³/mol. The van der Waals surface area contributed by atoms with Crippen molar-refractivity contribution in [2.24, 2.45) is 5.14 Å². The maximum Gasteiger partial charge on any atom is 0.410 e. The molecule has 0 spiro atoms. The number of alkyl halides is 3. The highest BCUT2D eigenvalue weighted by Crippen LogP contribution is 2.38. The van der Waals surface area contributed by atoms with Crippen LogP contribution in [0.3, 0.4) is 0 Å². The quantitative estimate of drug-likeness (QED) is 0.861. The molecule has 0 aliphatic rings. The molecule has 1 heterocycles. The smallest absolute Gasteiger partial charge is 0.228 e. The van der Waals surface area contributed by atoms with Gasteiger partial charge in [0.25, 0.3) is 0 Å². The van der Waals surface area contributed by atoms with Gasteiger partial charge in [0.1, 0.15) is 0 Å². The second-order valence-corrected chi connectivity index (χ2v) is 5.00. The standard InChI is InChI=1S/C6H6F3NO2S2/c7-6(8,9)5(14(10,11)12)4-1-2-13-3-4/h1-3,5H,(H2,10,11,12). The molecule has 1 unspecified atom stereocenters. The molecule has 0 saturated heterocycles. The van der Waals surface area contributed by atoms with Crippen molar-refractivity contribution in [3.05, 3.63) is 22.4 Å². The molecule has 0 aliphatic carbocycles. The van der Waals surface area contributed by atoms with Crippen molar-refractivity contribution in [2.45, 2.75) is 11.4 Å². The molecule has 1 aromatic heterocycles. The largest absolute Gasteiger partial charge is 0.410 e. The zero-order valence-corrected chi connectivity index (χ0v) is 8.29. The summed E-state index contributed by atoms with van der Waals surface area (Å²) in [5.74, 6) is 0. The minimum absolute atomic E-state index is 0.343. The number of nitrogens with two attached hydrogens (primary N) is 1. The minimum atomic E-state index is -4.88. The lowest BCUT2D eigenvalue weighted by Crippen LogP contribution is -2.33. The Hall–Kier alpha value is -0.600. The van der Waals surface area contributed by atoms with Crippen molar-refractivity contribution in [3.63, 3.8) is 0 Å². The van der Waals surface area contributed by atoms with E-state index >= 15 is 0 Å². The molecule has 1 rings (SSSR count). The van der Waals surface area contributed by atoms with Gasteiger partial charge in [-0.05, 0) is 22.4 Å². The Balaban J connectivity index is 3.22. The number of primary sulfonamides is 1. The molecule has 1 atom stereocenters. The molecular weight excluding hydrogens is 239 g/mol. The van der Waals surface area contributed by atoms with E-state index in [0.29, 0.717) is 0 Å². The molecule has 0 bridgehead atoms. The van der Waals surface area contributed by atoms with Crippen LogP contribution in [-0.2, 0) is 10.0 Å². The SMILES string of the molecule is NS(=O)(=O)C(c1ccsc1)C(F)(F)F. The lowest BCUT2D eigenvalue weighted by Gasteiger charge is -2.16. The summed E-state index contributed by atoms with van der Waals surface area (Å²) in [5.41, 5.74) is -0.343. The van der Waals surface area contributed by atoms with E-state index in [9.17, 15) is 21.6 Å². The summed E-state index contributed by atoms with van der Waals surface area (Å²) in [6, 6.07) is 1.09. The zero-order chi connectivity index (χ0) is 11.0. The first kappa shape index (κ1) is 11.5. The van der Waals surface area contributed by atoms with Crippen molar-refractivity contribution >= 4 is 21.4 Å².